The third-order valence-corrected chi connectivity index (χ3v) is 10.7. The highest BCUT2D eigenvalue weighted by molar-refractivity contribution is 5.94. The Labute approximate surface area is 294 Å². The molecule has 4 aromatic rings. The summed E-state index contributed by atoms with van der Waals surface area (Å²) in [6, 6.07) is 25.2. The third kappa shape index (κ3) is 7.06. The van der Waals surface area contributed by atoms with Crippen molar-refractivity contribution < 1.29 is 14.3 Å². The number of benzene rings is 3. The van der Waals surface area contributed by atoms with Crippen molar-refractivity contribution >= 4 is 28.4 Å². The number of amides is 1. The van der Waals surface area contributed by atoms with Gasteiger partial charge in [0.05, 0.1) is 12.2 Å². The lowest BCUT2D eigenvalue weighted by molar-refractivity contribution is 0.0788. The van der Waals surface area contributed by atoms with Crippen LogP contribution in [0.4, 0.5) is 16.3 Å². The Hall–Kier alpha value is -4.88. The fourth-order valence-corrected chi connectivity index (χ4v) is 7.88. The van der Waals surface area contributed by atoms with Crippen LogP contribution in [-0.4, -0.2) is 90.4 Å². The zero-order valence-corrected chi connectivity index (χ0v) is 28.6. The van der Waals surface area contributed by atoms with Crippen LogP contribution in [0.5, 0.6) is 6.01 Å². The average Bonchev–Trinajstić information content (AvgIpc) is 3.87. The number of hydrogen-bond donors (Lipinski definition) is 0. The molecule has 3 fully saturated rings. The van der Waals surface area contributed by atoms with Crippen LogP contribution >= 0.6 is 0 Å². The monoisotopic (exact) mass is 671 g/mol. The second-order valence-electron chi connectivity index (χ2n) is 14.1. The van der Waals surface area contributed by atoms with Crippen LogP contribution in [-0.2, 0) is 24.3 Å². The molecule has 4 heterocycles. The molecule has 1 saturated carbocycles. The van der Waals surface area contributed by atoms with Crippen LogP contribution in [0.25, 0.3) is 15.6 Å². The smallest absolute Gasteiger partial charge is 0.410 e. The van der Waals surface area contributed by atoms with Crippen LogP contribution in [0.15, 0.2) is 72.8 Å². The van der Waals surface area contributed by atoms with Crippen molar-refractivity contribution in [2.24, 2.45) is 5.92 Å². The summed E-state index contributed by atoms with van der Waals surface area (Å²) in [5.41, 5.74) is 4.26. The quantitative estimate of drug-likeness (QED) is 0.185. The molecule has 1 aromatic heterocycles. The number of aromatic nitrogens is 2. The van der Waals surface area contributed by atoms with Gasteiger partial charge >= 0.3 is 12.1 Å². The number of carbonyl (C=O) groups excluding carboxylic acids is 1. The molecule has 3 aromatic carbocycles. The molecule has 1 unspecified atom stereocenters. The largest absolute Gasteiger partial charge is 0.462 e. The van der Waals surface area contributed by atoms with Crippen molar-refractivity contribution in [3.8, 4) is 6.01 Å². The van der Waals surface area contributed by atoms with E-state index in [-0.39, 0.29) is 25.3 Å². The Morgan fingerprint density at radius 3 is 2.58 bits per heavy atom. The Balaban J connectivity index is 1.05. The maximum atomic E-state index is 13.3. The van der Waals surface area contributed by atoms with E-state index in [2.05, 4.69) is 62.0 Å². The van der Waals surface area contributed by atoms with Gasteiger partial charge in [-0.2, -0.15) is 9.97 Å². The molecule has 10 nitrogen and oxygen atoms in total. The summed E-state index contributed by atoms with van der Waals surface area (Å²) in [6.07, 6.45) is 5.45. The molecule has 1 amide bonds. The minimum absolute atomic E-state index is 0.195. The Kier molecular flexibility index (Phi) is 9.40. The predicted molar refractivity (Wildman–Crippen MR) is 194 cm³/mol. The maximum Gasteiger partial charge on any atom is 0.410 e. The molecular formula is C40H45N7O3. The van der Waals surface area contributed by atoms with Crippen molar-refractivity contribution in [3.05, 3.63) is 101 Å². The summed E-state index contributed by atoms with van der Waals surface area (Å²) in [7, 11) is 0. The van der Waals surface area contributed by atoms with Gasteiger partial charge in [0.15, 0.2) is 0 Å². The highest BCUT2D eigenvalue weighted by Crippen LogP contribution is 2.36. The zero-order valence-electron chi connectivity index (χ0n) is 28.6. The van der Waals surface area contributed by atoms with Gasteiger partial charge in [-0.3, -0.25) is 9.80 Å². The summed E-state index contributed by atoms with van der Waals surface area (Å²) >= 11 is 0. The van der Waals surface area contributed by atoms with Gasteiger partial charge in [0.1, 0.15) is 25.1 Å². The summed E-state index contributed by atoms with van der Waals surface area (Å²) < 4.78 is 12.2. The van der Waals surface area contributed by atoms with E-state index in [0.29, 0.717) is 44.8 Å². The fraction of sp³-hybridized carbons (Fsp3) is 0.450. The lowest BCUT2D eigenvalue weighted by Gasteiger charge is -2.40. The predicted octanol–water partition coefficient (Wildman–Crippen LogP) is 6.19. The lowest BCUT2D eigenvalue weighted by atomic mass is 10.0. The lowest BCUT2D eigenvalue weighted by Crippen LogP contribution is -2.57. The van der Waals surface area contributed by atoms with Gasteiger partial charge in [-0.15, -0.1) is 0 Å². The molecule has 1 aliphatic carbocycles. The number of piperazine rings is 1. The van der Waals surface area contributed by atoms with Crippen LogP contribution in [0.3, 0.4) is 0 Å². The molecule has 4 aliphatic rings. The van der Waals surface area contributed by atoms with Gasteiger partial charge in [0.2, 0.25) is 6.54 Å². The first-order valence-corrected chi connectivity index (χ1v) is 18.2. The SMILES string of the molecule is [C-]#[N+]CC1CN(c2nc(OC[C@@H]3CCCN3CC3CC3)nc3c2CCN(c2cccc4ccccc24)C3)CCN1C(=O)OCc1ccccc1. The van der Waals surface area contributed by atoms with Crippen molar-refractivity contribution in [3.63, 3.8) is 0 Å². The molecule has 2 atom stereocenters. The van der Waals surface area contributed by atoms with E-state index in [4.69, 9.17) is 26.0 Å². The number of anilines is 2. The van der Waals surface area contributed by atoms with E-state index >= 15 is 0 Å². The number of hydrogen-bond acceptors (Lipinski definition) is 8. The first-order valence-electron chi connectivity index (χ1n) is 18.2. The minimum atomic E-state index is -0.381. The summed E-state index contributed by atoms with van der Waals surface area (Å²) in [5, 5.41) is 2.46. The van der Waals surface area contributed by atoms with Crippen LogP contribution < -0.4 is 14.5 Å². The third-order valence-electron chi connectivity index (χ3n) is 10.7. The number of rotatable bonds is 10. The molecule has 2 saturated heterocycles. The van der Waals surface area contributed by atoms with Gasteiger partial charge in [-0.05, 0) is 61.6 Å². The standard InChI is InChI=1S/C40H45N7O3/c1-41-23-33-25-46(21-22-47(33)40(48)50-27-30-9-3-2-4-10-30)38-35-18-20-45(37-15-7-12-31-11-5-6-14-34(31)37)26-36(35)42-39(43-38)49-28-32-13-8-19-44(32)24-29-16-17-29/h2-7,9-12,14-15,29,32-33H,8,13,16-28H2/t32-,33?/m0/s1. The molecule has 3 aliphatic heterocycles. The number of fused-ring (bicyclic) bond motifs is 2. The Morgan fingerprint density at radius 2 is 1.72 bits per heavy atom. The highest BCUT2D eigenvalue weighted by Gasteiger charge is 2.37. The molecule has 10 heteroatoms. The number of likely N-dealkylation sites (tertiary alicyclic amines) is 1. The van der Waals surface area contributed by atoms with E-state index in [0.717, 1.165) is 54.5 Å². The normalized spacial score (nSPS) is 20.8. The number of ether oxygens (including phenoxy) is 2. The van der Waals surface area contributed by atoms with Gasteiger partial charge in [0, 0.05) is 55.4 Å². The van der Waals surface area contributed by atoms with Gasteiger partial charge in [-0.1, -0.05) is 66.7 Å². The summed E-state index contributed by atoms with van der Waals surface area (Å²) in [4.78, 5) is 36.2. The Morgan fingerprint density at radius 1 is 0.880 bits per heavy atom. The molecular weight excluding hydrogens is 626 g/mol. The van der Waals surface area contributed by atoms with Crippen molar-refractivity contribution in [2.75, 3.05) is 62.2 Å². The molecule has 0 N–H and O–H groups in total. The summed E-state index contributed by atoms with van der Waals surface area (Å²) in [5.74, 6) is 1.72. The molecule has 0 spiro atoms. The van der Waals surface area contributed by atoms with Crippen molar-refractivity contribution in [2.45, 2.75) is 57.3 Å². The first kappa shape index (κ1) is 32.3. The zero-order chi connectivity index (χ0) is 33.9. The highest BCUT2D eigenvalue weighted by atomic mass is 16.6. The van der Waals surface area contributed by atoms with Gasteiger partial charge < -0.3 is 24.1 Å². The second kappa shape index (κ2) is 14.5. The van der Waals surface area contributed by atoms with E-state index in [1.165, 1.54) is 42.3 Å². The van der Waals surface area contributed by atoms with E-state index in [1.807, 2.05) is 30.3 Å². The second-order valence-corrected chi connectivity index (χ2v) is 14.1. The van der Waals surface area contributed by atoms with Crippen LogP contribution in [0, 0.1) is 12.5 Å². The minimum Gasteiger partial charge on any atom is -0.462 e. The number of nitrogens with zero attached hydrogens (tertiary/aromatic N) is 7. The molecule has 258 valence electrons. The molecule has 8 rings (SSSR count). The maximum absolute atomic E-state index is 13.3. The van der Waals surface area contributed by atoms with Crippen molar-refractivity contribution in [1.82, 2.24) is 19.8 Å². The Bertz CT molecular complexity index is 1850. The topological polar surface area (TPSA) is 78.6 Å². The van der Waals surface area contributed by atoms with Gasteiger partial charge in [0.25, 0.3) is 0 Å². The fourth-order valence-electron chi connectivity index (χ4n) is 7.88. The first-order chi connectivity index (χ1) is 24.6. The molecule has 0 radical (unpaired) electrons. The molecule has 0 bridgehead atoms. The average molecular weight is 672 g/mol. The van der Waals surface area contributed by atoms with E-state index in [1.54, 1.807) is 4.90 Å². The van der Waals surface area contributed by atoms with Crippen molar-refractivity contribution in [1.29, 1.82) is 0 Å². The summed E-state index contributed by atoms with van der Waals surface area (Å²) in [6.45, 7) is 14.0. The van der Waals surface area contributed by atoms with Crippen LogP contribution in [0.2, 0.25) is 0 Å². The van der Waals surface area contributed by atoms with E-state index in [9.17, 15) is 4.79 Å². The molecule has 50 heavy (non-hydrogen) atoms. The van der Waals surface area contributed by atoms with E-state index < -0.39 is 0 Å². The van der Waals surface area contributed by atoms with Crippen LogP contribution in [0.1, 0.15) is 42.5 Å². The number of carbonyl (C=O) groups is 1. The van der Waals surface area contributed by atoms with Gasteiger partial charge in [-0.25, -0.2) is 11.4 Å².